The SMILES string of the molecule is CN=C(NCCNC(=O)c1cccc(OC)c1)NCc1cc(C)ccc1OC(F)F.I. The zero-order valence-corrected chi connectivity index (χ0v) is 19.9. The number of rotatable bonds is 9. The molecule has 0 radical (unpaired) electrons. The Morgan fingerprint density at radius 1 is 1.10 bits per heavy atom. The molecule has 3 N–H and O–H groups in total. The average Bonchev–Trinajstić information content (AvgIpc) is 2.74. The third-order valence-corrected chi connectivity index (χ3v) is 4.14. The van der Waals surface area contributed by atoms with Gasteiger partial charge in [-0.1, -0.05) is 23.8 Å². The molecular weight excluding hydrogens is 521 g/mol. The minimum absolute atomic E-state index is 0. The number of hydrogen-bond acceptors (Lipinski definition) is 4. The number of methoxy groups -OCH3 is 1. The number of halogens is 3. The molecule has 0 aromatic heterocycles. The van der Waals surface area contributed by atoms with Crippen LogP contribution in [-0.4, -0.2) is 45.7 Å². The van der Waals surface area contributed by atoms with Crippen LogP contribution in [-0.2, 0) is 6.54 Å². The summed E-state index contributed by atoms with van der Waals surface area (Å²) in [6.45, 7) is 0.00904. The molecule has 0 spiro atoms. The highest BCUT2D eigenvalue weighted by atomic mass is 127. The van der Waals surface area contributed by atoms with Gasteiger partial charge in [0.2, 0.25) is 0 Å². The van der Waals surface area contributed by atoms with Crippen molar-refractivity contribution in [2.24, 2.45) is 4.99 Å². The van der Waals surface area contributed by atoms with E-state index in [0.717, 1.165) is 5.56 Å². The number of aryl methyl sites for hydroxylation is 1. The maximum Gasteiger partial charge on any atom is 0.387 e. The average molecular weight is 548 g/mol. The molecule has 0 aliphatic carbocycles. The third kappa shape index (κ3) is 8.95. The van der Waals surface area contributed by atoms with Gasteiger partial charge in [-0.25, -0.2) is 0 Å². The lowest BCUT2D eigenvalue weighted by atomic mass is 10.1. The number of amides is 1. The number of benzene rings is 2. The Kier molecular flexibility index (Phi) is 11.6. The van der Waals surface area contributed by atoms with Gasteiger partial charge in [0.25, 0.3) is 5.91 Å². The van der Waals surface area contributed by atoms with Crippen LogP contribution in [0.15, 0.2) is 47.5 Å². The van der Waals surface area contributed by atoms with E-state index in [1.807, 2.05) is 6.92 Å². The molecule has 0 aliphatic rings. The first kappa shape index (κ1) is 26.4. The van der Waals surface area contributed by atoms with E-state index in [-0.39, 0.29) is 42.2 Å². The topological polar surface area (TPSA) is 84.0 Å². The Balaban J connectivity index is 0.00000480. The van der Waals surface area contributed by atoms with Gasteiger partial charge in [-0.3, -0.25) is 9.79 Å². The molecule has 10 heteroatoms. The van der Waals surface area contributed by atoms with Gasteiger partial charge in [-0.15, -0.1) is 24.0 Å². The van der Waals surface area contributed by atoms with Crippen LogP contribution in [0, 0.1) is 6.92 Å². The van der Waals surface area contributed by atoms with E-state index >= 15 is 0 Å². The van der Waals surface area contributed by atoms with E-state index in [1.165, 1.54) is 6.07 Å². The lowest BCUT2D eigenvalue weighted by molar-refractivity contribution is -0.0504. The molecule has 0 bridgehead atoms. The van der Waals surface area contributed by atoms with Crippen molar-refractivity contribution >= 4 is 35.8 Å². The Bertz CT molecular complexity index is 881. The number of carbonyl (C=O) groups excluding carboxylic acids is 1. The molecule has 2 rings (SSSR count). The van der Waals surface area contributed by atoms with Gasteiger partial charge in [-0.05, 0) is 31.2 Å². The van der Waals surface area contributed by atoms with Crippen molar-refractivity contribution in [3.05, 3.63) is 59.2 Å². The number of aliphatic imine (C=N–C) groups is 1. The lowest BCUT2D eigenvalue weighted by Gasteiger charge is -2.15. The fraction of sp³-hybridized carbons (Fsp3) is 0.333. The third-order valence-electron chi connectivity index (χ3n) is 4.14. The summed E-state index contributed by atoms with van der Waals surface area (Å²) in [5.41, 5.74) is 2.02. The fourth-order valence-electron chi connectivity index (χ4n) is 2.68. The molecule has 0 aliphatic heterocycles. The van der Waals surface area contributed by atoms with E-state index < -0.39 is 6.61 Å². The molecule has 1 amide bonds. The maximum absolute atomic E-state index is 12.6. The molecular formula is C21H27F2IN4O3. The number of ether oxygens (including phenoxy) is 2. The molecule has 2 aromatic carbocycles. The monoisotopic (exact) mass is 548 g/mol. The van der Waals surface area contributed by atoms with Crippen molar-refractivity contribution in [1.29, 1.82) is 0 Å². The molecule has 170 valence electrons. The van der Waals surface area contributed by atoms with Gasteiger partial charge in [-0.2, -0.15) is 8.78 Å². The highest BCUT2D eigenvalue weighted by Gasteiger charge is 2.11. The van der Waals surface area contributed by atoms with Gasteiger partial charge in [0.15, 0.2) is 5.96 Å². The molecule has 0 unspecified atom stereocenters. The van der Waals surface area contributed by atoms with Crippen LogP contribution >= 0.6 is 24.0 Å². The van der Waals surface area contributed by atoms with Crippen LogP contribution in [0.2, 0.25) is 0 Å². The predicted molar refractivity (Wildman–Crippen MR) is 127 cm³/mol. The minimum atomic E-state index is -2.89. The largest absolute Gasteiger partial charge is 0.497 e. The van der Waals surface area contributed by atoms with Crippen molar-refractivity contribution in [2.75, 3.05) is 27.2 Å². The normalized spacial score (nSPS) is 10.8. The zero-order chi connectivity index (χ0) is 21.9. The summed E-state index contributed by atoms with van der Waals surface area (Å²) in [5, 5.41) is 8.90. The summed E-state index contributed by atoms with van der Waals surface area (Å²) in [7, 11) is 3.13. The summed E-state index contributed by atoms with van der Waals surface area (Å²) in [4.78, 5) is 16.3. The van der Waals surface area contributed by atoms with Crippen LogP contribution < -0.4 is 25.4 Å². The van der Waals surface area contributed by atoms with Crippen molar-refractivity contribution in [3.63, 3.8) is 0 Å². The van der Waals surface area contributed by atoms with Gasteiger partial charge < -0.3 is 25.4 Å². The lowest BCUT2D eigenvalue weighted by Crippen LogP contribution is -2.41. The van der Waals surface area contributed by atoms with Gasteiger partial charge in [0, 0.05) is 37.8 Å². The van der Waals surface area contributed by atoms with E-state index in [2.05, 4.69) is 25.7 Å². The number of hydrogen-bond donors (Lipinski definition) is 3. The number of alkyl halides is 2. The Morgan fingerprint density at radius 3 is 2.52 bits per heavy atom. The van der Waals surface area contributed by atoms with Crippen LogP contribution in [0.5, 0.6) is 11.5 Å². The second kappa shape index (κ2) is 13.6. The Morgan fingerprint density at radius 2 is 1.84 bits per heavy atom. The number of nitrogens with one attached hydrogen (secondary N) is 3. The fourth-order valence-corrected chi connectivity index (χ4v) is 2.68. The first-order valence-corrected chi connectivity index (χ1v) is 9.34. The summed E-state index contributed by atoms with van der Waals surface area (Å²) in [5.74, 6) is 0.975. The molecule has 0 fully saturated rings. The van der Waals surface area contributed by atoms with Crippen molar-refractivity contribution in [1.82, 2.24) is 16.0 Å². The maximum atomic E-state index is 12.6. The second-order valence-electron chi connectivity index (χ2n) is 6.33. The van der Waals surface area contributed by atoms with Crippen LogP contribution in [0.4, 0.5) is 8.78 Å². The molecule has 2 aromatic rings. The van der Waals surface area contributed by atoms with Gasteiger partial charge in [0.1, 0.15) is 11.5 Å². The van der Waals surface area contributed by atoms with Crippen LogP contribution in [0.3, 0.4) is 0 Å². The number of guanidine groups is 1. The van der Waals surface area contributed by atoms with Crippen LogP contribution in [0.25, 0.3) is 0 Å². The molecule has 0 heterocycles. The highest BCUT2D eigenvalue weighted by molar-refractivity contribution is 14.0. The van der Waals surface area contributed by atoms with E-state index in [9.17, 15) is 13.6 Å². The quantitative estimate of drug-likeness (QED) is 0.194. The van der Waals surface area contributed by atoms with Gasteiger partial charge in [0.05, 0.1) is 7.11 Å². The smallest absolute Gasteiger partial charge is 0.387 e. The van der Waals surface area contributed by atoms with Crippen LogP contribution in [0.1, 0.15) is 21.5 Å². The number of carbonyl (C=O) groups is 1. The summed E-state index contributed by atoms with van der Waals surface area (Å²) >= 11 is 0. The van der Waals surface area contributed by atoms with Crippen molar-refractivity contribution < 1.29 is 23.0 Å². The Labute approximate surface area is 197 Å². The summed E-state index contributed by atoms with van der Waals surface area (Å²) in [6, 6.07) is 11.9. The van der Waals surface area contributed by atoms with Gasteiger partial charge >= 0.3 is 6.61 Å². The molecule has 31 heavy (non-hydrogen) atoms. The van der Waals surface area contributed by atoms with Crippen molar-refractivity contribution in [3.8, 4) is 11.5 Å². The first-order chi connectivity index (χ1) is 14.4. The Hall–Kier alpha value is -2.63. The van der Waals surface area contributed by atoms with Crippen molar-refractivity contribution in [2.45, 2.75) is 20.1 Å². The standard InChI is InChI=1S/C21H26F2N4O3.HI/c1-14-7-8-18(30-20(22)23)16(11-14)13-27-21(24-2)26-10-9-25-19(28)15-5-4-6-17(12-15)29-3;/h4-8,11-12,20H,9-10,13H2,1-3H3,(H,25,28)(H2,24,26,27);1H. The molecule has 0 saturated carbocycles. The molecule has 7 nitrogen and oxygen atoms in total. The highest BCUT2D eigenvalue weighted by Crippen LogP contribution is 2.22. The first-order valence-electron chi connectivity index (χ1n) is 9.34. The van der Waals surface area contributed by atoms with E-state index in [0.29, 0.717) is 35.9 Å². The summed E-state index contributed by atoms with van der Waals surface area (Å²) < 4.78 is 34.8. The molecule has 0 atom stereocenters. The number of nitrogens with zero attached hydrogens (tertiary/aromatic N) is 1. The van der Waals surface area contributed by atoms with E-state index in [1.54, 1.807) is 50.6 Å². The zero-order valence-electron chi connectivity index (χ0n) is 17.6. The van der Waals surface area contributed by atoms with E-state index in [4.69, 9.17) is 4.74 Å². The molecule has 0 saturated heterocycles. The predicted octanol–water partition coefficient (Wildman–Crippen LogP) is 3.32. The minimum Gasteiger partial charge on any atom is -0.497 e. The second-order valence-corrected chi connectivity index (χ2v) is 6.33. The summed E-state index contributed by atoms with van der Waals surface area (Å²) in [6.07, 6.45) is 0.